The number of anilines is 1. The van der Waals surface area contributed by atoms with Crippen LogP contribution in [0.25, 0.3) is 0 Å². The molecule has 4 nitrogen and oxygen atoms in total. The maximum Gasteiger partial charge on any atom is 0.251 e. The molecular formula is C21H23ClF2N2O2. The van der Waals surface area contributed by atoms with Gasteiger partial charge in [0.15, 0.2) is 0 Å². The highest BCUT2D eigenvalue weighted by Gasteiger charge is 2.21. The Morgan fingerprint density at radius 3 is 2.61 bits per heavy atom. The molecule has 0 saturated heterocycles. The zero-order valence-corrected chi connectivity index (χ0v) is 16.6. The highest BCUT2D eigenvalue weighted by molar-refractivity contribution is 6.31. The van der Waals surface area contributed by atoms with Gasteiger partial charge >= 0.3 is 0 Å². The zero-order valence-electron chi connectivity index (χ0n) is 15.8. The molecule has 0 bridgehead atoms. The van der Waals surface area contributed by atoms with E-state index in [-0.39, 0.29) is 28.7 Å². The van der Waals surface area contributed by atoms with Crippen molar-refractivity contribution >= 4 is 29.5 Å². The lowest BCUT2D eigenvalue weighted by molar-refractivity contribution is -0.107. The van der Waals surface area contributed by atoms with Gasteiger partial charge in [0.05, 0.1) is 10.7 Å². The standard InChI is InChI=1S/C21H23ClF2N2O2/c1-3-5-14(12-13-6-4-7-17(23)19(13)22)26-21(28)16-8-9-18(24)20(25-2)15(16)10-11-27/h4,6-9,11,14,25H,3,5,10,12H2,1-2H3,(H,26,28). The van der Waals surface area contributed by atoms with E-state index in [0.717, 1.165) is 6.42 Å². The van der Waals surface area contributed by atoms with Crippen molar-refractivity contribution in [1.29, 1.82) is 0 Å². The lowest BCUT2D eigenvalue weighted by atomic mass is 9.98. The number of nitrogens with one attached hydrogen (secondary N) is 2. The highest BCUT2D eigenvalue weighted by atomic mass is 35.5. The van der Waals surface area contributed by atoms with Crippen LogP contribution in [0.1, 0.15) is 41.3 Å². The van der Waals surface area contributed by atoms with E-state index in [1.807, 2.05) is 6.92 Å². The maximum atomic E-state index is 14.0. The molecular weight excluding hydrogens is 386 g/mol. The Labute approximate surface area is 168 Å². The van der Waals surface area contributed by atoms with Gasteiger partial charge in [0.1, 0.15) is 17.9 Å². The van der Waals surface area contributed by atoms with Crippen LogP contribution in [0.5, 0.6) is 0 Å². The van der Waals surface area contributed by atoms with Crippen LogP contribution in [-0.4, -0.2) is 25.3 Å². The minimum absolute atomic E-state index is 0.0405. The predicted octanol–water partition coefficient (Wildman–Crippen LogP) is 4.54. The monoisotopic (exact) mass is 408 g/mol. The molecule has 0 aliphatic heterocycles. The van der Waals surface area contributed by atoms with E-state index >= 15 is 0 Å². The lowest BCUT2D eigenvalue weighted by Crippen LogP contribution is -2.37. The fourth-order valence-electron chi connectivity index (χ4n) is 3.21. The first-order chi connectivity index (χ1) is 13.4. The second-order valence-corrected chi connectivity index (χ2v) is 6.82. The summed E-state index contributed by atoms with van der Waals surface area (Å²) in [7, 11) is 1.53. The van der Waals surface area contributed by atoms with Crippen LogP contribution in [0.2, 0.25) is 5.02 Å². The molecule has 7 heteroatoms. The summed E-state index contributed by atoms with van der Waals surface area (Å²) in [6.45, 7) is 1.97. The van der Waals surface area contributed by atoms with Gasteiger partial charge < -0.3 is 15.4 Å². The third kappa shape index (κ3) is 5.07. The summed E-state index contributed by atoms with van der Waals surface area (Å²) in [4.78, 5) is 23.9. The smallest absolute Gasteiger partial charge is 0.251 e. The third-order valence-corrected chi connectivity index (χ3v) is 4.94. The number of amides is 1. The van der Waals surface area contributed by atoms with Crippen LogP contribution in [0.3, 0.4) is 0 Å². The first-order valence-corrected chi connectivity index (χ1v) is 9.47. The van der Waals surface area contributed by atoms with Crippen LogP contribution in [0, 0.1) is 11.6 Å². The minimum atomic E-state index is -0.535. The quantitative estimate of drug-likeness (QED) is 0.599. The number of carbonyl (C=O) groups excluding carboxylic acids is 2. The number of benzene rings is 2. The normalized spacial score (nSPS) is 11.8. The van der Waals surface area contributed by atoms with Gasteiger partial charge in [-0.25, -0.2) is 8.78 Å². The zero-order chi connectivity index (χ0) is 20.7. The first-order valence-electron chi connectivity index (χ1n) is 9.09. The van der Waals surface area contributed by atoms with Crippen LogP contribution < -0.4 is 10.6 Å². The van der Waals surface area contributed by atoms with Gasteiger partial charge in [-0.1, -0.05) is 37.1 Å². The topological polar surface area (TPSA) is 58.2 Å². The number of aldehydes is 1. The summed E-state index contributed by atoms with van der Waals surface area (Å²) >= 11 is 6.04. The molecule has 2 rings (SSSR count). The van der Waals surface area contributed by atoms with E-state index in [2.05, 4.69) is 10.6 Å². The summed E-state index contributed by atoms with van der Waals surface area (Å²) in [6.07, 6.45) is 2.35. The molecule has 0 aromatic heterocycles. The van der Waals surface area contributed by atoms with Crippen molar-refractivity contribution in [1.82, 2.24) is 5.32 Å². The Kier molecular flexibility index (Phi) is 7.93. The fraction of sp³-hybridized carbons (Fsp3) is 0.333. The van der Waals surface area contributed by atoms with E-state index in [0.29, 0.717) is 30.3 Å². The van der Waals surface area contributed by atoms with E-state index in [9.17, 15) is 18.4 Å². The van der Waals surface area contributed by atoms with E-state index in [4.69, 9.17) is 11.6 Å². The first kappa shape index (κ1) is 21.8. The second kappa shape index (κ2) is 10.2. The Morgan fingerprint density at radius 2 is 1.96 bits per heavy atom. The number of halogens is 3. The Morgan fingerprint density at radius 1 is 1.21 bits per heavy atom. The molecule has 150 valence electrons. The molecule has 2 aromatic rings. The Balaban J connectivity index is 2.29. The molecule has 28 heavy (non-hydrogen) atoms. The summed E-state index contributed by atoms with van der Waals surface area (Å²) in [5.41, 5.74) is 1.25. The second-order valence-electron chi connectivity index (χ2n) is 6.45. The van der Waals surface area contributed by atoms with E-state index in [1.165, 1.54) is 25.2 Å². The molecule has 2 N–H and O–H groups in total. The summed E-state index contributed by atoms with van der Waals surface area (Å²) < 4.78 is 27.7. The van der Waals surface area contributed by atoms with Gasteiger partial charge in [0, 0.05) is 25.1 Å². The van der Waals surface area contributed by atoms with Crippen LogP contribution >= 0.6 is 11.6 Å². The molecule has 0 fully saturated rings. The minimum Gasteiger partial charge on any atom is -0.386 e. The van der Waals surface area contributed by atoms with Gasteiger partial charge in [0.25, 0.3) is 5.91 Å². The van der Waals surface area contributed by atoms with Crippen molar-refractivity contribution in [2.24, 2.45) is 0 Å². The molecule has 0 spiro atoms. The van der Waals surface area contributed by atoms with Crippen molar-refractivity contribution in [2.75, 3.05) is 12.4 Å². The molecule has 0 heterocycles. The average molecular weight is 409 g/mol. The summed E-state index contributed by atoms with van der Waals surface area (Å²) in [5, 5.41) is 5.66. The molecule has 1 amide bonds. The van der Waals surface area contributed by atoms with Gasteiger partial charge in [-0.2, -0.15) is 0 Å². The van der Waals surface area contributed by atoms with Gasteiger partial charge in [0.2, 0.25) is 0 Å². The Bertz CT molecular complexity index is 859. The highest BCUT2D eigenvalue weighted by Crippen LogP contribution is 2.25. The summed E-state index contributed by atoms with van der Waals surface area (Å²) in [5.74, 6) is -1.46. The van der Waals surface area contributed by atoms with Crippen LogP contribution in [-0.2, 0) is 17.6 Å². The molecule has 0 saturated carbocycles. The average Bonchev–Trinajstić information content (AvgIpc) is 2.66. The van der Waals surface area contributed by atoms with Gasteiger partial charge in [-0.3, -0.25) is 4.79 Å². The fourth-order valence-corrected chi connectivity index (χ4v) is 3.41. The largest absolute Gasteiger partial charge is 0.386 e. The van der Waals surface area contributed by atoms with E-state index in [1.54, 1.807) is 12.1 Å². The molecule has 2 aromatic carbocycles. The summed E-state index contributed by atoms with van der Waals surface area (Å²) in [6, 6.07) is 6.83. The van der Waals surface area contributed by atoms with Crippen molar-refractivity contribution in [3.8, 4) is 0 Å². The lowest BCUT2D eigenvalue weighted by Gasteiger charge is -2.21. The van der Waals surface area contributed by atoms with E-state index < -0.39 is 17.5 Å². The van der Waals surface area contributed by atoms with Crippen LogP contribution in [0.15, 0.2) is 30.3 Å². The number of carbonyl (C=O) groups is 2. The molecule has 0 radical (unpaired) electrons. The predicted molar refractivity (Wildman–Crippen MR) is 107 cm³/mol. The molecule has 0 aliphatic rings. The molecule has 0 aliphatic carbocycles. The molecule has 1 atom stereocenters. The number of rotatable bonds is 9. The number of hydrogen-bond acceptors (Lipinski definition) is 3. The van der Waals surface area contributed by atoms with Crippen molar-refractivity contribution in [3.05, 3.63) is 63.7 Å². The maximum absolute atomic E-state index is 14.0. The van der Waals surface area contributed by atoms with Crippen molar-refractivity contribution < 1.29 is 18.4 Å². The SMILES string of the molecule is CCCC(Cc1cccc(F)c1Cl)NC(=O)c1ccc(F)c(NC)c1CC=O. The van der Waals surface area contributed by atoms with Crippen LogP contribution in [0.4, 0.5) is 14.5 Å². The third-order valence-electron chi connectivity index (χ3n) is 4.51. The Hall–Kier alpha value is -2.47. The van der Waals surface area contributed by atoms with Gasteiger partial charge in [-0.15, -0.1) is 0 Å². The number of hydrogen-bond donors (Lipinski definition) is 2. The van der Waals surface area contributed by atoms with Crippen molar-refractivity contribution in [2.45, 2.75) is 38.6 Å². The van der Waals surface area contributed by atoms with Crippen molar-refractivity contribution in [3.63, 3.8) is 0 Å². The molecule has 1 unspecified atom stereocenters. The van der Waals surface area contributed by atoms with Gasteiger partial charge in [-0.05, 0) is 42.2 Å².